The Hall–Kier alpha value is -1.90. The lowest BCUT2D eigenvalue weighted by molar-refractivity contribution is 0.00747. The number of aryl methyl sites for hydroxylation is 1. The van der Waals surface area contributed by atoms with Gasteiger partial charge in [-0.1, -0.05) is 36.4 Å². The van der Waals surface area contributed by atoms with Crippen molar-refractivity contribution in [3.8, 4) is 0 Å². The van der Waals surface area contributed by atoms with Crippen LogP contribution in [0.1, 0.15) is 23.7 Å². The predicted octanol–water partition coefficient (Wildman–Crippen LogP) is 3.33. The van der Waals surface area contributed by atoms with E-state index >= 15 is 0 Å². The van der Waals surface area contributed by atoms with E-state index in [-0.39, 0.29) is 0 Å². The van der Waals surface area contributed by atoms with Gasteiger partial charge in [0.25, 0.3) is 0 Å². The second-order valence-corrected chi connectivity index (χ2v) is 5.61. The van der Waals surface area contributed by atoms with Gasteiger partial charge < -0.3 is 10.2 Å². The number of benzene rings is 3. The van der Waals surface area contributed by atoms with E-state index in [2.05, 4.69) is 36.4 Å². The van der Waals surface area contributed by atoms with Crippen LogP contribution in [0, 0.1) is 0 Å². The smallest absolute Gasteiger partial charge is 0.106 e. The van der Waals surface area contributed by atoms with Crippen LogP contribution < -0.4 is 0 Å². The van der Waals surface area contributed by atoms with E-state index in [9.17, 15) is 10.2 Å². The highest BCUT2D eigenvalue weighted by atomic mass is 16.3. The van der Waals surface area contributed by atoms with Gasteiger partial charge in [-0.25, -0.2) is 0 Å². The summed E-state index contributed by atoms with van der Waals surface area (Å²) in [6, 6.07) is 16.7. The SMILES string of the molecule is O[C@@H]1CCc2ccc3cc4ccccc4cc3c2[C@@H]1O. The summed E-state index contributed by atoms with van der Waals surface area (Å²) in [5.41, 5.74) is 2.07. The molecule has 3 aromatic carbocycles. The average Bonchev–Trinajstić information content (AvgIpc) is 2.48. The minimum absolute atomic E-state index is 0.632. The third-order valence-electron chi connectivity index (χ3n) is 4.39. The van der Waals surface area contributed by atoms with Gasteiger partial charge in [-0.15, -0.1) is 0 Å². The first-order valence-electron chi connectivity index (χ1n) is 7.04. The van der Waals surface area contributed by atoms with Crippen LogP contribution in [-0.4, -0.2) is 16.3 Å². The molecule has 1 aliphatic rings. The van der Waals surface area contributed by atoms with Crippen LogP contribution in [0.5, 0.6) is 0 Å². The molecule has 0 fully saturated rings. The van der Waals surface area contributed by atoms with Crippen molar-refractivity contribution in [3.05, 3.63) is 59.7 Å². The molecular formula is C18H16O2. The van der Waals surface area contributed by atoms with Gasteiger partial charge in [0.2, 0.25) is 0 Å². The molecule has 2 nitrogen and oxygen atoms in total. The normalized spacial score (nSPS) is 22.1. The fourth-order valence-corrected chi connectivity index (χ4v) is 3.30. The minimum atomic E-state index is -0.774. The Morgan fingerprint density at radius 3 is 2.40 bits per heavy atom. The average molecular weight is 264 g/mol. The summed E-state index contributed by atoms with van der Waals surface area (Å²) >= 11 is 0. The second kappa shape index (κ2) is 4.30. The highest BCUT2D eigenvalue weighted by Crippen LogP contribution is 2.37. The first-order valence-corrected chi connectivity index (χ1v) is 7.04. The number of rotatable bonds is 0. The van der Waals surface area contributed by atoms with Crippen molar-refractivity contribution in [1.82, 2.24) is 0 Å². The van der Waals surface area contributed by atoms with E-state index < -0.39 is 12.2 Å². The Bertz CT molecular complexity index is 807. The molecule has 0 saturated carbocycles. The molecule has 0 saturated heterocycles. The van der Waals surface area contributed by atoms with Crippen LogP contribution in [0.2, 0.25) is 0 Å². The van der Waals surface area contributed by atoms with Gasteiger partial charge in [0.1, 0.15) is 6.10 Å². The molecule has 20 heavy (non-hydrogen) atoms. The first kappa shape index (κ1) is 11.9. The number of aliphatic hydroxyl groups is 2. The van der Waals surface area contributed by atoms with Crippen molar-refractivity contribution in [1.29, 1.82) is 0 Å². The maximum absolute atomic E-state index is 10.3. The van der Waals surface area contributed by atoms with Crippen LogP contribution in [-0.2, 0) is 6.42 Å². The topological polar surface area (TPSA) is 40.5 Å². The molecule has 3 aromatic rings. The zero-order chi connectivity index (χ0) is 13.7. The molecule has 0 unspecified atom stereocenters. The van der Waals surface area contributed by atoms with Gasteiger partial charge in [0.15, 0.2) is 0 Å². The quantitative estimate of drug-likeness (QED) is 0.611. The lowest BCUT2D eigenvalue weighted by atomic mass is 9.83. The van der Waals surface area contributed by atoms with Gasteiger partial charge in [-0.05, 0) is 57.6 Å². The molecule has 2 heteroatoms. The molecule has 0 heterocycles. The summed E-state index contributed by atoms with van der Waals surface area (Å²) in [5, 5.41) is 24.8. The number of hydrogen-bond donors (Lipinski definition) is 2. The van der Waals surface area contributed by atoms with Gasteiger partial charge in [-0.3, -0.25) is 0 Å². The maximum atomic E-state index is 10.3. The van der Waals surface area contributed by atoms with Crippen LogP contribution in [0.4, 0.5) is 0 Å². The van der Waals surface area contributed by atoms with Crippen molar-refractivity contribution in [2.75, 3.05) is 0 Å². The van der Waals surface area contributed by atoms with Crippen molar-refractivity contribution in [3.63, 3.8) is 0 Å². The second-order valence-electron chi connectivity index (χ2n) is 5.61. The molecule has 2 N–H and O–H groups in total. The van der Waals surface area contributed by atoms with Gasteiger partial charge in [-0.2, -0.15) is 0 Å². The van der Waals surface area contributed by atoms with E-state index in [4.69, 9.17) is 0 Å². The highest BCUT2D eigenvalue weighted by molar-refractivity contribution is 6.00. The Balaban J connectivity index is 2.09. The monoisotopic (exact) mass is 264 g/mol. The van der Waals surface area contributed by atoms with Gasteiger partial charge >= 0.3 is 0 Å². The van der Waals surface area contributed by atoms with Crippen LogP contribution >= 0.6 is 0 Å². The lowest BCUT2D eigenvalue weighted by Crippen LogP contribution is -2.25. The largest absolute Gasteiger partial charge is 0.390 e. The van der Waals surface area contributed by atoms with E-state index in [1.807, 2.05) is 12.1 Å². The van der Waals surface area contributed by atoms with Gasteiger partial charge in [0, 0.05) is 0 Å². The molecule has 0 amide bonds. The van der Waals surface area contributed by atoms with Crippen molar-refractivity contribution < 1.29 is 10.2 Å². The Labute approximate surface area is 117 Å². The molecule has 4 rings (SSSR count). The number of hydrogen-bond acceptors (Lipinski definition) is 2. The molecule has 1 aliphatic carbocycles. The minimum Gasteiger partial charge on any atom is -0.390 e. The van der Waals surface area contributed by atoms with Crippen LogP contribution in [0.15, 0.2) is 48.5 Å². The molecule has 0 aromatic heterocycles. The number of fused-ring (bicyclic) bond motifs is 4. The Morgan fingerprint density at radius 1 is 0.850 bits per heavy atom. The molecule has 2 atom stereocenters. The third kappa shape index (κ3) is 1.65. The van der Waals surface area contributed by atoms with E-state index in [1.54, 1.807) is 0 Å². The van der Waals surface area contributed by atoms with Crippen molar-refractivity contribution in [2.45, 2.75) is 25.0 Å². The van der Waals surface area contributed by atoms with Gasteiger partial charge in [0.05, 0.1) is 6.10 Å². The molecule has 0 spiro atoms. The van der Waals surface area contributed by atoms with E-state index in [1.165, 1.54) is 10.8 Å². The summed E-state index contributed by atoms with van der Waals surface area (Å²) in [6.07, 6.45) is 0.0343. The van der Waals surface area contributed by atoms with Crippen molar-refractivity contribution >= 4 is 21.5 Å². The van der Waals surface area contributed by atoms with Crippen LogP contribution in [0.3, 0.4) is 0 Å². The van der Waals surface area contributed by atoms with Crippen LogP contribution in [0.25, 0.3) is 21.5 Å². The molecular weight excluding hydrogens is 248 g/mol. The Morgan fingerprint density at radius 2 is 1.60 bits per heavy atom. The lowest BCUT2D eigenvalue weighted by Gasteiger charge is -2.28. The fraction of sp³-hybridized carbons (Fsp3) is 0.222. The van der Waals surface area contributed by atoms with E-state index in [0.29, 0.717) is 6.42 Å². The maximum Gasteiger partial charge on any atom is 0.106 e. The summed E-state index contributed by atoms with van der Waals surface area (Å²) in [6.45, 7) is 0. The Kier molecular flexibility index (Phi) is 2.56. The molecule has 100 valence electrons. The van der Waals surface area contributed by atoms with E-state index in [0.717, 1.165) is 28.3 Å². The van der Waals surface area contributed by atoms with Crippen molar-refractivity contribution in [2.24, 2.45) is 0 Å². The summed E-state index contributed by atoms with van der Waals surface area (Å²) < 4.78 is 0. The molecule has 0 radical (unpaired) electrons. The first-order chi connectivity index (χ1) is 9.74. The fourth-order valence-electron chi connectivity index (χ4n) is 3.30. The molecule has 0 bridgehead atoms. The standard InChI is InChI=1S/C18H16O2/c19-16-8-7-11-5-6-14-9-12-3-1-2-4-13(12)10-15(14)17(11)18(16)20/h1-6,9-10,16,18-20H,7-8H2/t16-,18-/m1/s1. The highest BCUT2D eigenvalue weighted by Gasteiger charge is 2.27. The zero-order valence-electron chi connectivity index (χ0n) is 11.1. The third-order valence-corrected chi connectivity index (χ3v) is 4.39. The summed E-state index contributed by atoms with van der Waals surface area (Å²) in [5.74, 6) is 0. The number of aliphatic hydroxyl groups excluding tert-OH is 2. The summed E-state index contributed by atoms with van der Waals surface area (Å²) in [7, 11) is 0. The predicted molar refractivity (Wildman–Crippen MR) is 80.7 cm³/mol. The summed E-state index contributed by atoms with van der Waals surface area (Å²) in [4.78, 5) is 0. The zero-order valence-corrected chi connectivity index (χ0v) is 11.1. The molecule has 0 aliphatic heterocycles.